The first-order valence-corrected chi connectivity index (χ1v) is 4.33. The zero-order valence-corrected chi connectivity index (χ0v) is 7.72. The molecule has 1 heteroatoms. The van der Waals surface area contributed by atoms with Gasteiger partial charge in [0, 0.05) is 0 Å². The summed E-state index contributed by atoms with van der Waals surface area (Å²) in [5.74, 6) is 0.865. The second-order valence-electron chi connectivity index (χ2n) is 4.33. The third-order valence-corrected chi connectivity index (χ3v) is 2.72. The summed E-state index contributed by atoms with van der Waals surface area (Å²) in [6.45, 7) is 6.81. The molecule has 1 saturated carbocycles. The van der Waals surface area contributed by atoms with Crippen molar-refractivity contribution in [3.63, 3.8) is 0 Å². The molecule has 0 aromatic heterocycles. The Morgan fingerprint density at radius 1 is 1.64 bits per heavy atom. The number of hydrogen-bond acceptors (Lipinski definition) is 1. The number of aliphatic hydroxyl groups excluding tert-OH is 1. The molecule has 1 unspecified atom stereocenters. The standard InChI is InChI=1S/C10H18O/c1-8(7-11)4-5-9-6-10(9,2)3/h4,9,11H,5-7H2,1-3H3/b8-4+. The van der Waals surface area contributed by atoms with Gasteiger partial charge >= 0.3 is 0 Å². The molecule has 1 nitrogen and oxygen atoms in total. The Hall–Kier alpha value is -0.300. The fourth-order valence-electron chi connectivity index (χ4n) is 1.39. The second kappa shape index (κ2) is 2.98. The maximum atomic E-state index is 8.73. The van der Waals surface area contributed by atoms with Gasteiger partial charge < -0.3 is 5.11 Å². The molecule has 0 bridgehead atoms. The van der Waals surface area contributed by atoms with E-state index < -0.39 is 0 Å². The van der Waals surface area contributed by atoms with Gasteiger partial charge in [-0.25, -0.2) is 0 Å². The van der Waals surface area contributed by atoms with Gasteiger partial charge in [-0.05, 0) is 31.1 Å². The predicted octanol–water partition coefficient (Wildman–Crippen LogP) is 2.36. The lowest BCUT2D eigenvalue weighted by Crippen LogP contribution is -1.90. The first-order valence-electron chi connectivity index (χ1n) is 4.33. The molecule has 0 heterocycles. The highest BCUT2D eigenvalue weighted by molar-refractivity contribution is 5.04. The maximum absolute atomic E-state index is 8.73. The molecule has 0 aromatic rings. The van der Waals surface area contributed by atoms with Crippen LogP contribution in [0.25, 0.3) is 0 Å². The summed E-state index contributed by atoms with van der Waals surface area (Å²) >= 11 is 0. The summed E-state index contributed by atoms with van der Waals surface area (Å²) in [4.78, 5) is 0. The Kier molecular flexibility index (Phi) is 2.38. The normalized spacial score (nSPS) is 28.7. The van der Waals surface area contributed by atoms with Crippen LogP contribution in [0.1, 0.15) is 33.6 Å². The molecule has 1 N–H and O–H groups in total. The van der Waals surface area contributed by atoms with E-state index in [1.54, 1.807) is 0 Å². The van der Waals surface area contributed by atoms with Crippen LogP contribution in [-0.4, -0.2) is 11.7 Å². The summed E-state index contributed by atoms with van der Waals surface area (Å²) in [7, 11) is 0. The number of allylic oxidation sites excluding steroid dienone is 1. The van der Waals surface area contributed by atoms with Crippen LogP contribution in [0.3, 0.4) is 0 Å². The smallest absolute Gasteiger partial charge is 0.0639 e. The molecule has 0 amide bonds. The third kappa shape index (κ3) is 2.33. The third-order valence-electron chi connectivity index (χ3n) is 2.72. The van der Waals surface area contributed by atoms with E-state index in [-0.39, 0.29) is 6.61 Å². The van der Waals surface area contributed by atoms with Gasteiger partial charge in [0.25, 0.3) is 0 Å². The van der Waals surface area contributed by atoms with Crippen molar-refractivity contribution in [1.82, 2.24) is 0 Å². The van der Waals surface area contributed by atoms with E-state index in [9.17, 15) is 0 Å². The average Bonchev–Trinajstić information content (AvgIpc) is 2.54. The zero-order valence-electron chi connectivity index (χ0n) is 7.72. The van der Waals surface area contributed by atoms with Crippen molar-refractivity contribution in [2.75, 3.05) is 6.61 Å². The zero-order chi connectivity index (χ0) is 8.48. The fraction of sp³-hybridized carbons (Fsp3) is 0.800. The molecule has 0 saturated heterocycles. The quantitative estimate of drug-likeness (QED) is 0.619. The van der Waals surface area contributed by atoms with Gasteiger partial charge in [-0.2, -0.15) is 0 Å². The van der Waals surface area contributed by atoms with Gasteiger partial charge in [0.15, 0.2) is 0 Å². The van der Waals surface area contributed by atoms with Crippen LogP contribution in [0.4, 0.5) is 0 Å². The Morgan fingerprint density at radius 3 is 2.55 bits per heavy atom. The lowest BCUT2D eigenvalue weighted by Gasteiger charge is -1.99. The van der Waals surface area contributed by atoms with Crippen molar-refractivity contribution in [2.45, 2.75) is 33.6 Å². The van der Waals surface area contributed by atoms with Gasteiger partial charge in [-0.3, -0.25) is 0 Å². The molecule has 0 aromatic carbocycles. The summed E-state index contributed by atoms with van der Waals surface area (Å²) < 4.78 is 0. The highest BCUT2D eigenvalue weighted by Crippen LogP contribution is 2.53. The van der Waals surface area contributed by atoms with Crippen molar-refractivity contribution in [3.8, 4) is 0 Å². The minimum atomic E-state index is 0.215. The molecule has 1 aliphatic carbocycles. The molecule has 1 atom stereocenters. The first kappa shape index (κ1) is 8.79. The predicted molar refractivity (Wildman–Crippen MR) is 47.3 cm³/mol. The summed E-state index contributed by atoms with van der Waals surface area (Å²) in [5, 5.41) is 8.73. The van der Waals surface area contributed by atoms with Crippen LogP contribution < -0.4 is 0 Å². The number of hydrogen-bond donors (Lipinski definition) is 1. The highest BCUT2D eigenvalue weighted by atomic mass is 16.3. The van der Waals surface area contributed by atoms with Crippen molar-refractivity contribution in [1.29, 1.82) is 0 Å². The van der Waals surface area contributed by atoms with E-state index in [1.165, 1.54) is 6.42 Å². The lowest BCUT2D eigenvalue weighted by molar-refractivity contribution is 0.330. The van der Waals surface area contributed by atoms with Crippen LogP contribution in [0.15, 0.2) is 11.6 Å². The van der Waals surface area contributed by atoms with Crippen molar-refractivity contribution < 1.29 is 5.11 Å². The van der Waals surface area contributed by atoms with Crippen LogP contribution in [-0.2, 0) is 0 Å². The fourth-order valence-corrected chi connectivity index (χ4v) is 1.39. The van der Waals surface area contributed by atoms with Gasteiger partial charge in [0.05, 0.1) is 6.61 Å². The van der Waals surface area contributed by atoms with Crippen molar-refractivity contribution in [3.05, 3.63) is 11.6 Å². The summed E-state index contributed by atoms with van der Waals surface area (Å²) in [6.07, 6.45) is 4.67. The number of rotatable bonds is 3. The summed E-state index contributed by atoms with van der Waals surface area (Å²) in [6, 6.07) is 0. The molecule has 0 radical (unpaired) electrons. The molecular formula is C10H18O. The van der Waals surface area contributed by atoms with E-state index >= 15 is 0 Å². The Balaban J connectivity index is 2.25. The van der Waals surface area contributed by atoms with Crippen molar-refractivity contribution >= 4 is 0 Å². The second-order valence-corrected chi connectivity index (χ2v) is 4.33. The number of aliphatic hydroxyl groups is 1. The largest absolute Gasteiger partial charge is 0.392 e. The molecule has 0 spiro atoms. The first-order chi connectivity index (χ1) is 5.06. The molecule has 1 rings (SSSR count). The van der Waals surface area contributed by atoms with Crippen LogP contribution >= 0.6 is 0 Å². The Morgan fingerprint density at radius 2 is 2.18 bits per heavy atom. The topological polar surface area (TPSA) is 20.2 Å². The van der Waals surface area contributed by atoms with Crippen molar-refractivity contribution in [2.24, 2.45) is 11.3 Å². The monoisotopic (exact) mass is 154 g/mol. The van der Waals surface area contributed by atoms with E-state index in [0.29, 0.717) is 5.41 Å². The summed E-state index contributed by atoms with van der Waals surface area (Å²) in [5.41, 5.74) is 1.68. The Labute approximate surface area is 69.1 Å². The minimum Gasteiger partial charge on any atom is -0.392 e. The van der Waals surface area contributed by atoms with E-state index in [2.05, 4.69) is 19.9 Å². The van der Waals surface area contributed by atoms with E-state index in [1.807, 2.05) is 6.92 Å². The van der Waals surface area contributed by atoms with Gasteiger partial charge in [0.1, 0.15) is 0 Å². The molecule has 11 heavy (non-hydrogen) atoms. The molecule has 64 valence electrons. The molecular weight excluding hydrogens is 136 g/mol. The minimum absolute atomic E-state index is 0.215. The van der Waals surface area contributed by atoms with E-state index in [0.717, 1.165) is 17.9 Å². The average molecular weight is 154 g/mol. The Bertz CT molecular complexity index is 168. The molecule has 1 aliphatic rings. The van der Waals surface area contributed by atoms with Crippen LogP contribution in [0.2, 0.25) is 0 Å². The van der Waals surface area contributed by atoms with Gasteiger partial charge in [-0.15, -0.1) is 0 Å². The highest BCUT2D eigenvalue weighted by Gasteiger charge is 2.44. The van der Waals surface area contributed by atoms with Crippen LogP contribution in [0.5, 0.6) is 0 Å². The molecule has 0 aliphatic heterocycles. The van der Waals surface area contributed by atoms with E-state index in [4.69, 9.17) is 5.11 Å². The molecule has 1 fully saturated rings. The van der Waals surface area contributed by atoms with Crippen LogP contribution in [0, 0.1) is 11.3 Å². The maximum Gasteiger partial charge on any atom is 0.0639 e. The SMILES string of the molecule is C/C(=C\CC1CC1(C)C)CO. The lowest BCUT2D eigenvalue weighted by atomic mass is 10.1. The van der Waals surface area contributed by atoms with Gasteiger partial charge in [-0.1, -0.05) is 25.5 Å². The van der Waals surface area contributed by atoms with Gasteiger partial charge in [0.2, 0.25) is 0 Å².